The average Bonchev–Trinajstić information content (AvgIpc) is 4.24. The molecule has 1 heterocycles. The van der Waals surface area contributed by atoms with Crippen molar-refractivity contribution in [3.05, 3.63) is 330 Å². The second-order valence-electron chi connectivity index (χ2n) is 21.1. The number of nitrogens with zero attached hydrogens (tertiary/aromatic N) is 2. The van der Waals surface area contributed by atoms with Crippen LogP contribution in [-0.2, 0) is 10.8 Å². The molecule has 3 aliphatic carbocycles. The minimum Gasteiger partial charge on any atom is -0.345 e. The second kappa shape index (κ2) is 17.8. The van der Waals surface area contributed by atoms with Crippen molar-refractivity contribution in [1.82, 2.24) is 4.57 Å². The van der Waals surface area contributed by atoms with Gasteiger partial charge in [0.25, 0.3) is 0 Å². The molecule has 1 aromatic heterocycles. The Morgan fingerprint density at radius 2 is 0.779 bits per heavy atom. The molecule has 2 nitrogen and oxygen atoms in total. The molecule has 364 valence electrons. The third kappa shape index (κ3) is 6.75. The molecular weight excluding hydrogens is 929 g/mol. The largest absolute Gasteiger partial charge is 0.345 e. The smallest absolute Gasteiger partial charge is 0.0713 e. The van der Waals surface area contributed by atoms with E-state index in [-0.39, 0.29) is 0 Å². The molecule has 0 aliphatic heterocycles. The Morgan fingerprint density at radius 3 is 1.30 bits per heavy atom. The van der Waals surface area contributed by atoms with E-state index in [1.165, 1.54) is 111 Å². The minimum atomic E-state index is -0.486. The van der Waals surface area contributed by atoms with Crippen molar-refractivity contribution in [2.24, 2.45) is 0 Å². The maximum atomic E-state index is 2.52. The number of benzene rings is 11. The Labute approximate surface area is 450 Å². The molecule has 12 aromatic rings. The number of para-hydroxylation sites is 1. The van der Waals surface area contributed by atoms with Gasteiger partial charge < -0.3 is 9.47 Å². The Kier molecular flexibility index (Phi) is 10.4. The summed E-state index contributed by atoms with van der Waals surface area (Å²) < 4.78 is 2.46. The molecular formula is C75H54N2. The van der Waals surface area contributed by atoms with E-state index in [4.69, 9.17) is 0 Å². The zero-order chi connectivity index (χ0) is 51.1. The molecule has 0 fully saturated rings. The van der Waals surface area contributed by atoms with Crippen LogP contribution in [0.15, 0.2) is 291 Å². The summed E-state index contributed by atoms with van der Waals surface area (Å²) in [6.07, 6.45) is 9.01. The van der Waals surface area contributed by atoms with Crippen molar-refractivity contribution in [1.29, 1.82) is 0 Å². The summed E-state index contributed by atoms with van der Waals surface area (Å²) in [5.41, 5.74) is 25.5. The molecule has 0 bridgehead atoms. The van der Waals surface area contributed by atoms with Crippen LogP contribution in [0.4, 0.5) is 11.4 Å². The number of hydrogen-bond acceptors (Lipinski definition) is 1. The lowest BCUT2D eigenvalue weighted by Gasteiger charge is -2.37. The van der Waals surface area contributed by atoms with Gasteiger partial charge in [-0.2, -0.15) is 0 Å². The fourth-order valence-electron chi connectivity index (χ4n) is 13.8. The summed E-state index contributed by atoms with van der Waals surface area (Å²) >= 11 is 0. The molecule has 15 rings (SSSR count). The summed E-state index contributed by atoms with van der Waals surface area (Å²) in [6.45, 7) is 0. The standard InChI is InChI=1S/C75H54N2/c1-76(59-29-15-6-16-30-59)60-39-41-61(42-40-60)77-72-45-37-51(53-35-43-64-62-31-17-19-33-68(62)74(70(64)49-53,55-21-7-2-8-22-55)56-23-9-3-10-24-56)47-66(72)67-48-52(38-46-73(67)77)54-36-44-65-63-32-18-20-34-69(63)75(71(65)50-54,57-25-11-4-12-26-57)58-27-13-5-14-28-58/h2-13,15-27,29-50H,14,28H2,1H3. The van der Waals surface area contributed by atoms with Gasteiger partial charge in [-0.25, -0.2) is 0 Å². The maximum Gasteiger partial charge on any atom is 0.0713 e. The molecule has 3 aliphatic rings. The number of allylic oxidation sites excluding steroid dienone is 4. The highest BCUT2D eigenvalue weighted by atomic mass is 15.1. The van der Waals surface area contributed by atoms with Gasteiger partial charge in [-0.15, -0.1) is 0 Å². The molecule has 0 amide bonds. The van der Waals surface area contributed by atoms with Crippen LogP contribution < -0.4 is 4.90 Å². The SMILES string of the molecule is CN(c1ccccc1)c1ccc(-n2c3ccc(-c4ccc5c(c4)C(C4=CC=CCC4)(c4ccccc4)c4ccccc4-5)cc3c3cc(-c4ccc5c(c4)C(c4ccccc4)(c4ccccc4)c4ccccc4-5)ccc32)cc1. The van der Waals surface area contributed by atoms with E-state index < -0.39 is 10.8 Å². The highest BCUT2D eigenvalue weighted by molar-refractivity contribution is 6.12. The van der Waals surface area contributed by atoms with Crippen LogP contribution in [0.3, 0.4) is 0 Å². The zero-order valence-electron chi connectivity index (χ0n) is 42.9. The lowest BCUT2D eigenvalue weighted by atomic mass is 9.65. The Bertz CT molecular complexity index is 4280. The van der Waals surface area contributed by atoms with Crippen LogP contribution in [0.25, 0.3) is 72.0 Å². The molecule has 0 spiro atoms. The van der Waals surface area contributed by atoms with E-state index in [2.05, 4.69) is 302 Å². The van der Waals surface area contributed by atoms with Crippen molar-refractivity contribution >= 4 is 33.2 Å². The van der Waals surface area contributed by atoms with Gasteiger partial charge in [-0.05, 0) is 169 Å². The third-order valence-electron chi connectivity index (χ3n) is 17.3. The first-order valence-electron chi connectivity index (χ1n) is 27.1. The highest BCUT2D eigenvalue weighted by Crippen LogP contribution is 2.59. The molecule has 0 N–H and O–H groups in total. The highest BCUT2D eigenvalue weighted by Gasteiger charge is 2.48. The van der Waals surface area contributed by atoms with Gasteiger partial charge in [0, 0.05) is 34.9 Å². The number of aromatic nitrogens is 1. The van der Waals surface area contributed by atoms with Gasteiger partial charge in [-0.3, -0.25) is 0 Å². The molecule has 0 radical (unpaired) electrons. The first-order valence-corrected chi connectivity index (χ1v) is 27.1. The lowest BCUT2D eigenvalue weighted by molar-refractivity contribution is 0.693. The third-order valence-corrected chi connectivity index (χ3v) is 17.3. The van der Waals surface area contributed by atoms with E-state index in [0.29, 0.717) is 0 Å². The molecule has 0 saturated heterocycles. The van der Waals surface area contributed by atoms with Gasteiger partial charge in [0.05, 0.1) is 21.9 Å². The monoisotopic (exact) mass is 982 g/mol. The molecule has 2 heteroatoms. The average molecular weight is 983 g/mol. The van der Waals surface area contributed by atoms with E-state index in [0.717, 1.165) is 29.9 Å². The first kappa shape index (κ1) is 44.9. The van der Waals surface area contributed by atoms with Gasteiger partial charge in [0.1, 0.15) is 0 Å². The summed E-state index contributed by atoms with van der Waals surface area (Å²) in [7, 11) is 2.14. The van der Waals surface area contributed by atoms with Crippen molar-refractivity contribution in [2.45, 2.75) is 23.7 Å². The van der Waals surface area contributed by atoms with Crippen LogP contribution in [0.5, 0.6) is 0 Å². The minimum absolute atomic E-state index is 0.403. The van der Waals surface area contributed by atoms with Crippen LogP contribution in [0.1, 0.15) is 51.8 Å². The fraction of sp³-hybridized carbons (Fsp3) is 0.0667. The van der Waals surface area contributed by atoms with Crippen LogP contribution in [0.2, 0.25) is 0 Å². The second-order valence-corrected chi connectivity index (χ2v) is 21.1. The fourth-order valence-corrected chi connectivity index (χ4v) is 13.8. The predicted molar refractivity (Wildman–Crippen MR) is 322 cm³/mol. The summed E-state index contributed by atoms with van der Waals surface area (Å²) in [5.74, 6) is 0. The molecule has 0 saturated carbocycles. The zero-order valence-corrected chi connectivity index (χ0v) is 42.9. The van der Waals surface area contributed by atoms with E-state index in [1.54, 1.807) is 0 Å². The number of hydrogen-bond donors (Lipinski definition) is 0. The molecule has 11 aromatic carbocycles. The lowest BCUT2D eigenvalue weighted by Crippen LogP contribution is -2.30. The van der Waals surface area contributed by atoms with E-state index >= 15 is 0 Å². The van der Waals surface area contributed by atoms with Crippen molar-refractivity contribution in [3.8, 4) is 50.2 Å². The van der Waals surface area contributed by atoms with Crippen molar-refractivity contribution in [2.75, 3.05) is 11.9 Å². The van der Waals surface area contributed by atoms with Crippen LogP contribution >= 0.6 is 0 Å². The predicted octanol–water partition coefficient (Wildman–Crippen LogP) is 18.8. The van der Waals surface area contributed by atoms with E-state index in [1.807, 2.05) is 0 Å². The summed E-state index contributed by atoms with van der Waals surface area (Å²) in [6, 6.07) is 100. The maximum absolute atomic E-state index is 2.52. The van der Waals surface area contributed by atoms with Crippen molar-refractivity contribution < 1.29 is 0 Å². The Hall–Kier alpha value is -9.50. The molecule has 1 atom stereocenters. The van der Waals surface area contributed by atoms with Crippen LogP contribution in [-0.4, -0.2) is 11.6 Å². The van der Waals surface area contributed by atoms with Crippen molar-refractivity contribution in [3.63, 3.8) is 0 Å². The normalized spacial score (nSPS) is 15.7. The van der Waals surface area contributed by atoms with Crippen LogP contribution in [0, 0.1) is 0 Å². The number of rotatable bonds is 9. The summed E-state index contributed by atoms with van der Waals surface area (Å²) in [5, 5.41) is 2.44. The molecule has 77 heavy (non-hydrogen) atoms. The number of anilines is 2. The summed E-state index contributed by atoms with van der Waals surface area (Å²) in [4.78, 5) is 2.25. The Balaban J connectivity index is 0.929. The van der Waals surface area contributed by atoms with Gasteiger partial charge >= 0.3 is 0 Å². The topological polar surface area (TPSA) is 8.17 Å². The van der Waals surface area contributed by atoms with E-state index in [9.17, 15) is 0 Å². The Morgan fingerprint density at radius 1 is 0.364 bits per heavy atom. The number of fused-ring (bicyclic) bond motifs is 9. The van der Waals surface area contributed by atoms with Gasteiger partial charge in [-0.1, -0.05) is 218 Å². The van der Waals surface area contributed by atoms with Gasteiger partial charge in [0.15, 0.2) is 0 Å². The van der Waals surface area contributed by atoms with Gasteiger partial charge in [0.2, 0.25) is 0 Å². The first-order chi connectivity index (χ1) is 38.1. The quantitative estimate of drug-likeness (QED) is 0.140. The molecule has 1 unspecified atom stereocenters.